The van der Waals surface area contributed by atoms with Crippen LogP contribution >= 0.6 is 47.8 Å². The second kappa shape index (κ2) is 4.06. The van der Waals surface area contributed by atoms with E-state index in [4.69, 9.17) is 0 Å². The number of hydrogen-bond acceptors (Lipinski definition) is 0. The summed E-state index contributed by atoms with van der Waals surface area (Å²) in [4.78, 5) is 0. The van der Waals surface area contributed by atoms with Crippen molar-refractivity contribution in [2.24, 2.45) is 0 Å². The predicted molar refractivity (Wildman–Crippen MR) is 59.5 cm³/mol. The molecule has 0 unspecified atom stereocenters. The van der Waals surface area contributed by atoms with E-state index < -0.39 is 0 Å². The molecule has 1 aromatic carbocycles. The van der Waals surface area contributed by atoms with E-state index in [0.717, 1.165) is 4.47 Å². The summed E-state index contributed by atoms with van der Waals surface area (Å²) >= 11 is 10.4. The molecule has 0 aliphatic rings. The standard InChI is InChI=1S/C8H7Br3/c1-5-2-3-6(8(10)11)7(9)4-5/h2-4,8H,1H3. The minimum Gasteiger partial charge on any atom is -0.0712 e. The van der Waals surface area contributed by atoms with Crippen LogP contribution in [0.4, 0.5) is 0 Å². The molecule has 0 nitrogen and oxygen atoms in total. The first-order valence-electron chi connectivity index (χ1n) is 3.15. The molecule has 0 aromatic heterocycles. The first-order chi connectivity index (χ1) is 5.11. The van der Waals surface area contributed by atoms with Crippen molar-refractivity contribution in [3.63, 3.8) is 0 Å². The minimum absolute atomic E-state index is 0.227. The van der Waals surface area contributed by atoms with Crippen LogP contribution in [0, 0.1) is 6.92 Å². The van der Waals surface area contributed by atoms with E-state index >= 15 is 0 Å². The van der Waals surface area contributed by atoms with Gasteiger partial charge in [-0.1, -0.05) is 59.9 Å². The molecule has 11 heavy (non-hydrogen) atoms. The van der Waals surface area contributed by atoms with Gasteiger partial charge in [0.05, 0.1) is 3.74 Å². The number of alkyl halides is 2. The normalized spacial score (nSPS) is 10.6. The average molecular weight is 343 g/mol. The molecule has 1 aromatic rings. The zero-order chi connectivity index (χ0) is 8.43. The van der Waals surface area contributed by atoms with Gasteiger partial charge in [-0.3, -0.25) is 0 Å². The summed E-state index contributed by atoms with van der Waals surface area (Å²) in [7, 11) is 0. The van der Waals surface area contributed by atoms with Gasteiger partial charge < -0.3 is 0 Å². The number of aryl methyl sites for hydroxylation is 1. The molecule has 0 aliphatic carbocycles. The summed E-state index contributed by atoms with van der Waals surface area (Å²) in [5, 5.41) is 0. The Hall–Kier alpha value is 0.660. The Labute approximate surface area is 91.8 Å². The van der Waals surface area contributed by atoms with Gasteiger partial charge in [0.2, 0.25) is 0 Å². The second-order valence-corrected chi connectivity index (χ2v) is 6.24. The molecule has 0 saturated carbocycles. The Kier molecular flexibility index (Phi) is 3.59. The van der Waals surface area contributed by atoms with Crippen LogP contribution < -0.4 is 0 Å². The van der Waals surface area contributed by atoms with E-state index in [9.17, 15) is 0 Å². The van der Waals surface area contributed by atoms with Gasteiger partial charge in [0.1, 0.15) is 0 Å². The molecule has 3 heteroatoms. The number of hydrogen-bond donors (Lipinski definition) is 0. The van der Waals surface area contributed by atoms with Gasteiger partial charge in [-0.25, -0.2) is 0 Å². The monoisotopic (exact) mass is 340 g/mol. The Morgan fingerprint density at radius 3 is 2.36 bits per heavy atom. The smallest absolute Gasteiger partial charge is 0.0712 e. The van der Waals surface area contributed by atoms with Gasteiger partial charge >= 0.3 is 0 Å². The van der Waals surface area contributed by atoms with E-state index in [1.54, 1.807) is 0 Å². The highest BCUT2D eigenvalue weighted by Gasteiger charge is 2.05. The van der Waals surface area contributed by atoms with Crippen molar-refractivity contribution in [1.29, 1.82) is 0 Å². The zero-order valence-corrected chi connectivity index (χ0v) is 10.7. The van der Waals surface area contributed by atoms with Crippen LogP contribution in [0.15, 0.2) is 22.7 Å². The fraction of sp³-hybridized carbons (Fsp3) is 0.250. The van der Waals surface area contributed by atoms with Crippen molar-refractivity contribution in [2.75, 3.05) is 0 Å². The van der Waals surface area contributed by atoms with Gasteiger partial charge in [0, 0.05) is 4.47 Å². The lowest BCUT2D eigenvalue weighted by atomic mass is 10.2. The first kappa shape index (κ1) is 9.75. The largest absolute Gasteiger partial charge is 0.0957 e. The molecule has 0 atom stereocenters. The van der Waals surface area contributed by atoms with Crippen LogP contribution in [-0.2, 0) is 0 Å². The van der Waals surface area contributed by atoms with Gasteiger partial charge in [-0.2, -0.15) is 0 Å². The van der Waals surface area contributed by atoms with Crippen molar-refractivity contribution in [1.82, 2.24) is 0 Å². The third-order valence-electron chi connectivity index (χ3n) is 1.39. The van der Waals surface area contributed by atoms with Crippen LogP contribution in [0.25, 0.3) is 0 Å². The van der Waals surface area contributed by atoms with Crippen LogP contribution in [0.3, 0.4) is 0 Å². The topological polar surface area (TPSA) is 0 Å². The van der Waals surface area contributed by atoms with Gasteiger partial charge in [-0.15, -0.1) is 0 Å². The van der Waals surface area contributed by atoms with Crippen molar-refractivity contribution < 1.29 is 0 Å². The summed E-state index contributed by atoms with van der Waals surface area (Å²) in [5.41, 5.74) is 2.48. The van der Waals surface area contributed by atoms with Crippen LogP contribution in [0.5, 0.6) is 0 Å². The Bertz CT molecular complexity index is 256. The summed E-state index contributed by atoms with van der Waals surface area (Å²) in [5.74, 6) is 0. The summed E-state index contributed by atoms with van der Waals surface area (Å²) < 4.78 is 1.36. The highest BCUT2D eigenvalue weighted by Crippen LogP contribution is 2.34. The predicted octanol–water partition coefficient (Wildman–Crippen LogP) is 4.55. The molecular formula is C8H7Br3. The lowest BCUT2D eigenvalue weighted by Gasteiger charge is -2.05. The van der Waals surface area contributed by atoms with Crippen LogP contribution in [-0.4, -0.2) is 0 Å². The maximum Gasteiger partial charge on any atom is 0.0957 e. The lowest BCUT2D eigenvalue weighted by Crippen LogP contribution is -1.83. The number of halogens is 3. The number of rotatable bonds is 1. The SMILES string of the molecule is Cc1ccc(C(Br)Br)c(Br)c1. The third kappa shape index (κ3) is 2.56. The second-order valence-electron chi connectivity index (χ2n) is 2.33. The van der Waals surface area contributed by atoms with Crippen molar-refractivity contribution >= 4 is 47.8 Å². The van der Waals surface area contributed by atoms with Crippen molar-refractivity contribution in [3.05, 3.63) is 33.8 Å². The molecule has 0 bridgehead atoms. The third-order valence-corrected chi connectivity index (χ3v) is 3.06. The molecular weight excluding hydrogens is 336 g/mol. The van der Waals surface area contributed by atoms with E-state index in [0.29, 0.717) is 0 Å². The molecule has 0 N–H and O–H groups in total. The molecule has 0 saturated heterocycles. The Morgan fingerprint density at radius 2 is 1.91 bits per heavy atom. The quantitative estimate of drug-likeness (QED) is 0.657. The minimum atomic E-state index is 0.227. The molecule has 0 spiro atoms. The van der Waals surface area contributed by atoms with Crippen molar-refractivity contribution in [2.45, 2.75) is 10.7 Å². The van der Waals surface area contributed by atoms with E-state index in [2.05, 4.69) is 72.9 Å². The van der Waals surface area contributed by atoms with Gasteiger partial charge in [0.25, 0.3) is 0 Å². The zero-order valence-electron chi connectivity index (χ0n) is 5.94. The van der Waals surface area contributed by atoms with Crippen molar-refractivity contribution in [3.8, 4) is 0 Å². The lowest BCUT2D eigenvalue weighted by molar-refractivity contribution is 1.34. The summed E-state index contributed by atoms with van der Waals surface area (Å²) in [6.07, 6.45) is 0. The van der Waals surface area contributed by atoms with Crippen LogP contribution in [0.1, 0.15) is 14.9 Å². The molecule has 0 amide bonds. The molecule has 0 radical (unpaired) electrons. The Balaban J connectivity index is 3.09. The van der Waals surface area contributed by atoms with E-state index in [1.165, 1.54) is 11.1 Å². The van der Waals surface area contributed by atoms with E-state index in [1.807, 2.05) is 0 Å². The van der Waals surface area contributed by atoms with Gasteiger partial charge in [0.15, 0.2) is 0 Å². The summed E-state index contributed by atoms with van der Waals surface area (Å²) in [6, 6.07) is 6.29. The maximum absolute atomic E-state index is 3.49. The molecule has 0 aliphatic heterocycles. The van der Waals surface area contributed by atoms with Crippen LogP contribution in [0.2, 0.25) is 0 Å². The fourth-order valence-electron chi connectivity index (χ4n) is 0.809. The molecule has 0 heterocycles. The molecule has 60 valence electrons. The highest BCUT2D eigenvalue weighted by molar-refractivity contribution is 9.24. The highest BCUT2D eigenvalue weighted by atomic mass is 79.9. The molecule has 0 fully saturated rings. The fourth-order valence-corrected chi connectivity index (χ4v) is 2.94. The van der Waals surface area contributed by atoms with Gasteiger partial charge in [-0.05, 0) is 24.1 Å². The average Bonchev–Trinajstić information content (AvgIpc) is 1.85. The number of benzene rings is 1. The Morgan fingerprint density at radius 1 is 1.27 bits per heavy atom. The van der Waals surface area contributed by atoms with E-state index in [-0.39, 0.29) is 3.74 Å². The summed E-state index contributed by atoms with van der Waals surface area (Å²) in [6.45, 7) is 2.08. The first-order valence-corrected chi connectivity index (χ1v) is 5.78. The maximum atomic E-state index is 3.49. The molecule has 1 rings (SSSR count).